The molecule has 3 heterocycles. The van der Waals surface area contributed by atoms with E-state index in [0.29, 0.717) is 18.8 Å². The van der Waals surface area contributed by atoms with Gasteiger partial charge in [0.2, 0.25) is 5.88 Å². The lowest BCUT2D eigenvalue weighted by atomic mass is 9.94. The number of aromatic nitrogens is 3. The van der Waals surface area contributed by atoms with E-state index in [1.54, 1.807) is 4.90 Å². The first kappa shape index (κ1) is 30.1. The van der Waals surface area contributed by atoms with Crippen molar-refractivity contribution in [3.63, 3.8) is 0 Å². The summed E-state index contributed by atoms with van der Waals surface area (Å²) in [6.07, 6.45) is 5.76. The van der Waals surface area contributed by atoms with E-state index in [-0.39, 0.29) is 23.4 Å². The molecule has 0 fully saturated rings. The molecule has 0 radical (unpaired) electrons. The Hall–Kier alpha value is -4.96. The van der Waals surface area contributed by atoms with Crippen molar-refractivity contribution in [3.05, 3.63) is 94.8 Å². The van der Waals surface area contributed by atoms with Crippen molar-refractivity contribution in [2.45, 2.75) is 51.7 Å². The van der Waals surface area contributed by atoms with Crippen LogP contribution in [0.25, 0.3) is 22.4 Å². The number of anilines is 1. The fourth-order valence-corrected chi connectivity index (χ4v) is 6.45. The van der Waals surface area contributed by atoms with Crippen LogP contribution in [-0.4, -0.2) is 68.1 Å². The summed E-state index contributed by atoms with van der Waals surface area (Å²) in [6, 6.07) is 18.5. The number of pyridine rings is 1. The summed E-state index contributed by atoms with van der Waals surface area (Å²) in [4.78, 5) is 30.6. The van der Waals surface area contributed by atoms with Crippen LogP contribution in [0.5, 0.6) is 5.88 Å². The zero-order valence-electron chi connectivity index (χ0n) is 25.7. The number of hydrogen-bond donors (Lipinski definition) is 3. The molecule has 45 heavy (non-hydrogen) atoms. The Morgan fingerprint density at radius 2 is 1.93 bits per heavy atom. The predicted molar refractivity (Wildman–Crippen MR) is 172 cm³/mol. The molecule has 1 aliphatic carbocycles. The normalized spacial score (nSPS) is 16.6. The van der Waals surface area contributed by atoms with Crippen LogP contribution in [0.1, 0.15) is 65.5 Å². The van der Waals surface area contributed by atoms with Gasteiger partial charge in [-0.15, -0.1) is 0 Å². The number of benzene rings is 2. The van der Waals surface area contributed by atoms with Crippen molar-refractivity contribution in [2.75, 3.05) is 25.5 Å². The van der Waals surface area contributed by atoms with Crippen molar-refractivity contribution in [1.82, 2.24) is 19.7 Å². The van der Waals surface area contributed by atoms with E-state index in [9.17, 15) is 19.8 Å². The monoisotopic (exact) mass is 607 g/mol. The Labute approximate surface area is 262 Å². The predicted octanol–water partition coefficient (Wildman–Crippen LogP) is 5.30. The molecule has 2 aromatic carbocycles. The fourth-order valence-electron chi connectivity index (χ4n) is 6.45. The average Bonchev–Trinajstić information content (AvgIpc) is 3.69. The fraction of sp³-hybridized carbons (Fsp3) is 0.314. The third-order valence-corrected chi connectivity index (χ3v) is 8.65. The number of aromatic carboxylic acids is 1. The minimum Gasteiger partial charge on any atom is -0.480 e. The molecule has 232 valence electrons. The summed E-state index contributed by atoms with van der Waals surface area (Å²) >= 11 is 0. The summed E-state index contributed by atoms with van der Waals surface area (Å²) in [6.45, 7) is 4.67. The van der Waals surface area contributed by atoms with Crippen LogP contribution in [0.2, 0.25) is 0 Å². The topological polar surface area (TPSA) is 130 Å². The van der Waals surface area contributed by atoms with Crippen molar-refractivity contribution >= 4 is 23.3 Å². The molecule has 0 spiro atoms. The van der Waals surface area contributed by atoms with Gasteiger partial charge in [-0.3, -0.25) is 4.79 Å². The highest BCUT2D eigenvalue weighted by Gasteiger charge is 2.27. The van der Waals surface area contributed by atoms with E-state index in [1.165, 1.54) is 41.6 Å². The Bertz CT molecular complexity index is 1790. The molecule has 1 unspecified atom stereocenters. The molecule has 4 aromatic rings. The molecule has 1 amide bonds. The molecule has 0 bridgehead atoms. The number of amides is 1. The van der Waals surface area contributed by atoms with E-state index in [4.69, 9.17) is 9.72 Å². The van der Waals surface area contributed by atoms with Gasteiger partial charge in [0.25, 0.3) is 5.91 Å². The molecule has 1 aliphatic heterocycles. The number of carbonyl (C=O) groups excluding carboxylic acids is 1. The number of nitrogens with one attached hydrogen (secondary N) is 1. The maximum absolute atomic E-state index is 12.2. The first-order valence-electron chi connectivity index (χ1n) is 15.3. The van der Waals surface area contributed by atoms with Gasteiger partial charge in [0.15, 0.2) is 0 Å². The van der Waals surface area contributed by atoms with Crippen molar-refractivity contribution in [3.8, 4) is 22.7 Å². The Balaban J connectivity index is 1.27. The second kappa shape index (κ2) is 12.6. The molecule has 0 saturated carbocycles. The van der Waals surface area contributed by atoms with Gasteiger partial charge >= 0.3 is 5.97 Å². The van der Waals surface area contributed by atoms with Gasteiger partial charge in [-0.05, 0) is 90.3 Å². The van der Waals surface area contributed by atoms with Crippen LogP contribution in [-0.2, 0) is 17.6 Å². The molecule has 0 saturated heterocycles. The quantitative estimate of drug-likeness (QED) is 0.234. The largest absolute Gasteiger partial charge is 0.480 e. The lowest BCUT2D eigenvalue weighted by Crippen LogP contribution is -2.40. The smallest absolute Gasteiger partial charge is 0.342 e. The highest BCUT2D eigenvalue weighted by Crippen LogP contribution is 2.41. The first-order valence-corrected chi connectivity index (χ1v) is 15.3. The number of ether oxygens (including phenoxy) is 1. The van der Waals surface area contributed by atoms with Crippen LogP contribution >= 0.6 is 0 Å². The summed E-state index contributed by atoms with van der Waals surface area (Å²) in [5, 5.41) is 27.2. The van der Waals surface area contributed by atoms with Crippen LogP contribution in [0.4, 0.5) is 5.82 Å². The van der Waals surface area contributed by atoms with Gasteiger partial charge in [-0.2, -0.15) is 5.10 Å². The highest BCUT2D eigenvalue weighted by atomic mass is 16.5. The minimum absolute atomic E-state index is 0.00548. The van der Waals surface area contributed by atoms with Gasteiger partial charge in [0, 0.05) is 13.1 Å². The summed E-state index contributed by atoms with van der Waals surface area (Å²) in [7, 11) is 1.44. The molecule has 2 aromatic heterocycles. The minimum atomic E-state index is -1.09. The van der Waals surface area contributed by atoms with Crippen LogP contribution < -0.4 is 10.1 Å². The molecular weight excluding hydrogens is 570 g/mol. The van der Waals surface area contributed by atoms with Crippen LogP contribution in [0.3, 0.4) is 0 Å². The summed E-state index contributed by atoms with van der Waals surface area (Å²) in [5.74, 6) is -0.339. The van der Waals surface area contributed by atoms with E-state index >= 15 is 0 Å². The number of carbonyl (C=O) groups is 2. The third-order valence-electron chi connectivity index (χ3n) is 8.65. The number of aliphatic hydroxyl groups excluding tert-OH is 1. The number of aryl methyl sites for hydroxylation is 2. The second-order valence-electron chi connectivity index (χ2n) is 11.4. The Kier molecular flexibility index (Phi) is 8.40. The van der Waals surface area contributed by atoms with Gasteiger partial charge in [0.05, 0.1) is 30.7 Å². The summed E-state index contributed by atoms with van der Waals surface area (Å²) in [5.41, 5.74) is 8.63. The zero-order chi connectivity index (χ0) is 31.7. The number of nitrogens with zero attached hydrogens (tertiary/aromatic N) is 4. The van der Waals surface area contributed by atoms with Gasteiger partial charge in [-0.25, -0.2) is 14.5 Å². The van der Waals surface area contributed by atoms with Crippen LogP contribution in [0.15, 0.2) is 66.9 Å². The van der Waals surface area contributed by atoms with Crippen molar-refractivity contribution in [1.29, 1.82) is 0 Å². The maximum Gasteiger partial charge on any atom is 0.342 e. The van der Waals surface area contributed by atoms with Crippen molar-refractivity contribution in [2.24, 2.45) is 0 Å². The molecule has 10 heteroatoms. The number of carboxylic acid groups (broad SMARTS) is 1. The van der Waals surface area contributed by atoms with Gasteiger partial charge in [-0.1, -0.05) is 43.3 Å². The number of fused-ring (bicyclic) bond motifs is 1. The van der Waals surface area contributed by atoms with E-state index < -0.39 is 12.1 Å². The molecule has 10 nitrogen and oxygen atoms in total. The number of aliphatic hydroxyl groups is 1. The maximum atomic E-state index is 12.2. The van der Waals surface area contributed by atoms with Gasteiger partial charge < -0.3 is 25.2 Å². The first-order chi connectivity index (χ1) is 21.8. The zero-order valence-corrected chi connectivity index (χ0v) is 25.7. The lowest BCUT2D eigenvalue weighted by molar-refractivity contribution is -0.138. The number of methoxy groups -OCH3 is 1. The standard InChI is InChI=1S/C35H37N5O5/c1-4-29-26(22-15-17-39(18-16-22)33(42)21(2)41)12-14-31(37-29)38-30-13-11-23-7-6-10-27(32(23)30)24-8-5-9-25(19-24)40-34(45-3)28(20-36-40)35(43)44/h5-10,12,14-15,19-21,30,41H,4,11,13,16-18H2,1-3H3,(H,37,38)(H,43,44)/t21-,30?/m0/s1. The lowest BCUT2D eigenvalue weighted by Gasteiger charge is -2.28. The van der Waals surface area contributed by atoms with Crippen LogP contribution in [0, 0.1) is 0 Å². The molecule has 3 N–H and O–H groups in total. The third kappa shape index (κ3) is 5.81. The number of carboxylic acids is 1. The van der Waals surface area contributed by atoms with Crippen molar-refractivity contribution < 1.29 is 24.5 Å². The Morgan fingerprint density at radius 3 is 2.64 bits per heavy atom. The van der Waals surface area contributed by atoms with E-state index in [1.807, 2.05) is 24.3 Å². The Morgan fingerprint density at radius 1 is 1.11 bits per heavy atom. The highest BCUT2D eigenvalue weighted by molar-refractivity contribution is 5.90. The summed E-state index contributed by atoms with van der Waals surface area (Å²) < 4.78 is 6.91. The second-order valence-corrected chi connectivity index (χ2v) is 11.4. The number of rotatable bonds is 9. The molecule has 2 aliphatic rings. The van der Waals surface area contributed by atoms with E-state index in [0.717, 1.165) is 53.9 Å². The molecule has 2 atom stereocenters. The molecular formula is C35H37N5O5. The van der Waals surface area contributed by atoms with Gasteiger partial charge in [0.1, 0.15) is 17.5 Å². The average molecular weight is 608 g/mol. The SMILES string of the molecule is CCc1nc(NC2CCc3cccc(-c4cccc(-n5ncc(C(=O)O)c5OC)c4)c32)ccc1C1=CCN(C(=O)[C@H](C)O)CC1. The molecule has 6 rings (SSSR count). The van der Waals surface area contributed by atoms with E-state index in [2.05, 4.69) is 53.7 Å². The number of hydrogen-bond acceptors (Lipinski definition) is 7.